The Kier molecular flexibility index (Phi) is 3.98. The van der Waals surface area contributed by atoms with Crippen LogP contribution < -0.4 is 10.5 Å². The molecule has 0 heterocycles. The van der Waals surface area contributed by atoms with Crippen LogP contribution in [0.4, 0.5) is 17.6 Å². The van der Waals surface area contributed by atoms with Crippen LogP contribution in [0, 0.1) is 5.82 Å². The van der Waals surface area contributed by atoms with Crippen LogP contribution in [0.2, 0.25) is 0 Å². The second-order valence-corrected chi connectivity index (χ2v) is 3.75. The first-order chi connectivity index (χ1) is 7.73. The van der Waals surface area contributed by atoms with E-state index in [1.54, 1.807) is 6.92 Å². The molecule has 0 radical (unpaired) electrons. The second kappa shape index (κ2) is 4.91. The molecule has 2 N–H and O–H groups in total. The summed E-state index contributed by atoms with van der Waals surface area (Å²) in [6.07, 6.45) is -6.63. The van der Waals surface area contributed by atoms with E-state index >= 15 is 0 Å². The van der Waals surface area contributed by atoms with Gasteiger partial charge in [-0.2, -0.15) is 13.2 Å². The molecule has 0 saturated heterocycles. The minimum Gasteiger partial charge on any atom is -0.478 e. The van der Waals surface area contributed by atoms with E-state index in [4.69, 9.17) is 5.73 Å². The van der Waals surface area contributed by atoms with E-state index < -0.39 is 29.9 Å². The van der Waals surface area contributed by atoms with Crippen molar-refractivity contribution in [2.45, 2.75) is 32.2 Å². The molecule has 2 nitrogen and oxygen atoms in total. The van der Waals surface area contributed by atoms with E-state index in [1.165, 1.54) is 12.1 Å². The zero-order valence-corrected chi connectivity index (χ0v) is 9.38. The van der Waals surface area contributed by atoms with Crippen molar-refractivity contribution in [3.8, 4) is 5.75 Å². The predicted octanol–water partition coefficient (Wildman–Crippen LogP) is 3.18. The summed E-state index contributed by atoms with van der Waals surface area (Å²) < 4.78 is 55.0. The summed E-state index contributed by atoms with van der Waals surface area (Å²) in [6.45, 7) is 2.36. The molecule has 96 valence electrons. The summed E-state index contributed by atoms with van der Waals surface area (Å²) in [6, 6.07) is 3.23. The van der Waals surface area contributed by atoms with Gasteiger partial charge in [0.15, 0.2) is 17.7 Å². The Hall–Kier alpha value is -1.30. The zero-order valence-electron chi connectivity index (χ0n) is 9.38. The van der Waals surface area contributed by atoms with Gasteiger partial charge in [-0.1, -0.05) is 12.1 Å². The molecule has 6 heteroatoms. The molecule has 1 aromatic rings. The number of rotatable bonds is 3. The highest BCUT2D eigenvalue weighted by atomic mass is 19.4. The van der Waals surface area contributed by atoms with E-state index in [1.807, 2.05) is 0 Å². The number of hydrogen-bond donors (Lipinski definition) is 1. The van der Waals surface area contributed by atoms with Crippen molar-refractivity contribution < 1.29 is 22.3 Å². The number of nitrogens with two attached hydrogens (primary N) is 1. The molecule has 0 bridgehead atoms. The normalized spacial score (nSPS) is 15.5. The zero-order chi connectivity index (χ0) is 13.2. The van der Waals surface area contributed by atoms with Crippen LogP contribution in [0.3, 0.4) is 0 Å². The Labute approximate surface area is 96.4 Å². The Morgan fingerprint density at radius 3 is 2.29 bits per heavy atom. The second-order valence-electron chi connectivity index (χ2n) is 3.75. The summed E-state index contributed by atoms with van der Waals surface area (Å²) >= 11 is 0. The molecule has 17 heavy (non-hydrogen) atoms. The van der Waals surface area contributed by atoms with Gasteiger partial charge in [0.2, 0.25) is 0 Å². The van der Waals surface area contributed by atoms with Crippen molar-refractivity contribution >= 4 is 0 Å². The Balaban J connectivity index is 3.05. The third-order valence-electron chi connectivity index (χ3n) is 2.24. The summed E-state index contributed by atoms with van der Waals surface area (Å²) in [5, 5.41) is 0. The summed E-state index contributed by atoms with van der Waals surface area (Å²) in [5.41, 5.74) is 5.75. The highest BCUT2D eigenvalue weighted by Gasteiger charge is 2.38. The molecule has 0 aromatic heterocycles. The smallest absolute Gasteiger partial charge is 0.425 e. The van der Waals surface area contributed by atoms with Crippen LogP contribution >= 0.6 is 0 Å². The van der Waals surface area contributed by atoms with Gasteiger partial charge in [0.1, 0.15) is 0 Å². The molecular weight excluding hydrogens is 238 g/mol. The topological polar surface area (TPSA) is 35.2 Å². The van der Waals surface area contributed by atoms with Gasteiger partial charge in [0.25, 0.3) is 0 Å². The van der Waals surface area contributed by atoms with Crippen molar-refractivity contribution in [1.29, 1.82) is 0 Å². The number of para-hydroxylation sites is 1. The average molecular weight is 251 g/mol. The number of alkyl halides is 3. The Morgan fingerprint density at radius 1 is 1.24 bits per heavy atom. The fourth-order valence-electron chi connectivity index (χ4n) is 1.25. The van der Waals surface area contributed by atoms with Gasteiger partial charge in [-0.3, -0.25) is 0 Å². The molecule has 0 fully saturated rings. The molecule has 0 aliphatic carbocycles. The van der Waals surface area contributed by atoms with E-state index in [9.17, 15) is 17.6 Å². The molecule has 0 aliphatic heterocycles. The van der Waals surface area contributed by atoms with Gasteiger partial charge < -0.3 is 10.5 Å². The van der Waals surface area contributed by atoms with Crippen LogP contribution in [-0.4, -0.2) is 12.3 Å². The molecule has 1 aromatic carbocycles. The molecule has 1 unspecified atom stereocenters. The lowest BCUT2D eigenvalue weighted by Gasteiger charge is -2.21. The van der Waals surface area contributed by atoms with Gasteiger partial charge in [0.05, 0.1) is 0 Å². The third kappa shape index (κ3) is 3.33. The van der Waals surface area contributed by atoms with Crippen LogP contribution in [-0.2, 0) is 0 Å². The lowest BCUT2D eigenvalue weighted by Crippen LogP contribution is -2.32. The molecular formula is C11H13F4NO. The summed E-state index contributed by atoms with van der Waals surface area (Å²) in [7, 11) is 0. The van der Waals surface area contributed by atoms with E-state index in [-0.39, 0.29) is 5.56 Å². The maximum atomic E-state index is 13.4. The van der Waals surface area contributed by atoms with Crippen LogP contribution in [0.1, 0.15) is 25.5 Å². The fraction of sp³-hybridized carbons (Fsp3) is 0.455. The molecule has 2 atom stereocenters. The van der Waals surface area contributed by atoms with E-state index in [0.717, 1.165) is 13.0 Å². The molecule has 0 aliphatic rings. The SMILES string of the molecule is CC(Oc1c(F)cccc1[C@@H](C)N)C(F)(F)F. The number of benzene rings is 1. The van der Waals surface area contributed by atoms with Crippen molar-refractivity contribution in [1.82, 2.24) is 0 Å². The highest BCUT2D eigenvalue weighted by molar-refractivity contribution is 5.37. The minimum absolute atomic E-state index is 0.209. The van der Waals surface area contributed by atoms with Crippen LogP contribution in [0.5, 0.6) is 5.75 Å². The lowest BCUT2D eigenvalue weighted by molar-refractivity contribution is -0.189. The quantitative estimate of drug-likeness (QED) is 0.837. The lowest BCUT2D eigenvalue weighted by atomic mass is 10.1. The monoisotopic (exact) mass is 251 g/mol. The Bertz CT molecular complexity index is 390. The third-order valence-corrected chi connectivity index (χ3v) is 2.24. The largest absolute Gasteiger partial charge is 0.478 e. The summed E-state index contributed by atoms with van der Waals surface area (Å²) in [4.78, 5) is 0. The number of ether oxygens (including phenoxy) is 1. The van der Waals surface area contributed by atoms with Crippen molar-refractivity contribution in [3.63, 3.8) is 0 Å². The van der Waals surface area contributed by atoms with Gasteiger partial charge in [-0.25, -0.2) is 4.39 Å². The van der Waals surface area contributed by atoms with Crippen molar-refractivity contribution in [3.05, 3.63) is 29.6 Å². The number of hydrogen-bond acceptors (Lipinski definition) is 2. The maximum absolute atomic E-state index is 13.4. The first kappa shape index (κ1) is 13.8. The first-order valence-corrected chi connectivity index (χ1v) is 5.01. The summed E-state index contributed by atoms with van der Waals surface area (Å²) in [5.74, 6) is -1.29. The van der Waals surface area contributed by atoms with Crippen molar-refractivity contribution in [2.24, 2.45) is 5.73 Å². The fourth-order valence-corrected chi connectivity index (χ4v) is 1.25. The van der Waals surface area contributed by atoms with Gasteiger partial charge >= 0.3 is 6.18 Å². The van der Waals surface area contributed by atoms with Crippen molar-refractivity contribution in [2.75, 3.05) is 0 Å². The van der Waals surface area contributed by atoms with Crippen LogP contribution in [0.15, 0.2) is 18.2 Å². The van der Waals surface area contributed by atoms with Gasteiger partial charge in [0, 0.05) is 11.6 Å². The standard InChI is InChI=1S/C11H13F4NO/c1-6(16)8-4-3-5-9(12)10(8)17-7(2)11(13,14)15/h3-7H,16H2,1-2H3/t6-,7?/m1/s1. The van der Waals surface area contributed by atoms with Crippen LogP contribution in [0.25, 0.3) is 0 Å². The molecule has 0 saturated carbocycles. The van der Waals surface area contributed by atoms with Gasteiger partial charge in [-0.15, -0.1) is 0 Å². The van der Waals surface area contributed by atoms with E-state index in [0.29, 0.717) is 0 Å². The van der Waals surface area contributed by atoms with Gasteiger partial charge in [-0.05, 0) is 19.9 Å². The first-order valence-electron chi connectivity index (χ1n) is 5.01. The Morgan fingerprint density at radius 2 is 1.82 bits per heavy atom. The molecule has 0 amide bonds. The minimum atomic E-state index is -4.54. The molecule has 0 spiro atoms. The average Bonchev–Trinajstić information content (AvgIpc) is 2.18. The maximum Gasteiger partial charge on any atom is 0.425 e. The number of halogens is 4. The highest BCUT2D eigenvalue weighted by Crippen LogP contribution is 2.31. The molecule has 1 rings (SSSR count). The predicted molar refractivity (Wildman–Crippen MR) is 55.1 cm³/mol. The van der Waals surface area contributed by atoms with E-state index in [2.05, 4.69) is 4.74 Å².